The van der Waals surface area contributed by atoms with Crippen LogP contribution in [0.4, 0.5) is 0 Å². The zero-order valence-electron chi connectivity index (χ0n) is 9.02. The number of hydrogen-bond acceptors (Lipinski definition) is 6. The van der Waals surface area contributed by atoms with Gasteiger partial charge in [0.1, 0.15) is 5.15 Å². The van der Waals surface area contributed by atoms with E-state index in [4.69, 9.17) is 11.6 Å². The quantitative estimate of drug-likeness (QED) is 0.458. The molecule has 0 aliphatic rings. The molecule has 0 aromatic carbocycles. The molecule has 0 spiro atoms. The molecule has 0 saturated heterocycles. The van der Waals surface area contributed by atoms with Crippen LogP contribution >= 0.6 is 11.6 Å². The van der Waals surface area contributed by atoms with Gasteiger partial charge in [-0.2, -0.15) is 0 Å². The number of esters is 2. The number of carbonyl (C=O) groups is 3. The fourth-order valence-corrected chi connectivity index (χ4v) is 1.29. The molecule has 0 aliphatic carbocycles. The second-order valence-corrected chi connectivity index (χ2v) is 3.22. The lowest BCUT2D eigenvalue weighted by Crippen LogP contribution is -2.15. The average molecular weight is 258 g/mol. The first-order valence-electron chi connectivity index (χ1n) is 4.37. The Balaban J connectivity index is 3.46. The van der Waals surface area contributed by atoms with Gasteiger partial charge in [0.15, 0.2) is 12.0 Å². The van der Waals surface area contributed by atoms with E-state index in [-0.39, 0.29) is 22.0 Å². The van der Waals surface area contributed by atoms with Crippen LogP contribution in [-0.2, 0) is 9.47 Å². The summed E-state index contributed by atoms with van der Waals surface area (Å²) in [7, 11) is 2.27. The normalized spacial score (nSPS) is 9.59. The second-order valence-electron chi connectivity index (χ2n) is 2.87. The van der Waals surface area contributed by atoms with Crippen LogP contribution in [0.15, 0.2) is 6.07 Å². The Morgan fingerprint density at radius 2 is 1.88 bits per heavy atom. The first kappa shape index (κ1) is 13.1. The molecule has 0 amide bonds. The van der Waals surface area contributed by atoms with Gasteiger partial charge in [-0.05, 0) is 6.07 Å². The zero-order chi connectivity index (χ0) is 13.0. The van der Waals surface area contributed by atoms with Crippen molar-refractivity contribution in [2.45, 2.75) is 0 Å². The standard InChI is InChI=1S/C10H8ClNO5/c1-16-9(14)6-3-5(4-13)8(11)12-7(6)10(15)17-2/h3-4H,1-2H3. The Morgan fingerprint density at radius 1 is 1.29 bits per heavy atom. The molecule has 1 heterocycles. The molecule has 0 aliphatic heterocycles. The summed E-state index contributed by atoms with van der Waals surface area (Å²) in [4.78, 5) is 37.1. The van der Waals surface area contributed by atoms with Crippen LogP contribution in [0.2, 0.25) is 5.15 Å². The molecule has 0 atom stereocenters. The lowest BCUT2D eigenvalue weighted by molar-refractivity contribution is 0.0549. The Kier molecular flexibility index (Phi) is 4.17. The van der Waals surface area contributed by atoms with Crippen molar-refractivity contribution in [1.82, 2.24) is 4.98 Å². The highest BCUT2D eigenvalue weighted by Crippen LogP contribution is 2.18. The van der Waals surface area contributed by atoms with Gasteiger partial charge in [-0.1, -0.05) is 11.6 Å². The van der Waals surface area contributed by atoms with Crippen LogP contribution in [0.25, 0.3) is 0 Å². The lowest BCUT2D eigenvalue weighted by atomic mass is 10.1. The summed E-state index contributed by atoms with van der Waals surface area (Å²) in [6.45, 7) is 0. The number of aldehydes is 1. The molecule has 0 N–H and O–H groups in total. The van der Waals surface area contributed by atoms with Crippen molar-refractivity contribution in [2.75, 3.05) is 14.2 Å². The molecule has 0 unspecified atom stereocenters. The summed E-state index contributed by atoms with van der Waals surface area (Å²) in [5.41, 5.74) is -0.486. The highest BCUT2D eigenvalue weighted by molar-refractivity contribution is 6.32. The Morgan fingerprint density at radius 3 is 2.35 bits per heavy atom. The number of hydrogen-bond donors (Lipinski definition) is 0. The van der Waals surface area contributed by atoms with Crippen LogP contribution in [0.5, 0.6) is 0 Å². The average Bonchev–Trinajstić information content (AvgIpc) is 2.36. The highest BCUT2D eigenvalue weighted by Gasteiger charge is 2.22. The smallest absolute Gasteiger partial charge is 0.357 e. The summed E-state index contributed by atoms with van der Waals surface area (Å²) in [6, 6.07) is 1.13. The van der Waals surface area contributed by atoms with Gasteiger partial charge in [0, 0.05) is 0 Å². The fourth-order valence-electron chi connectivity index (χ4n) is 1.11. The maximum atomic E-state index is 11.4. The van der Waals surface area contributed by atoms with Crippen molar-refractivity contribution in [3.05, 3.63) is 28.0 Å². The second kappa shape index (κ2) is 5.40. The Bertz CT molecular complexity index is 486. The maximum Gasteiger partial charge on any atom is 0.357 e. The molecular formula is C10H8ClNO5. The van der Waals surface area contributed by atoms with Crippen molar-refractivity contribution in [3.8, 4) is 0 Å². The minimum atomic E-state index is -0.843. The molecule has 6 nitrogen and oxygen atoms in total. The fraction of sp³-hybridized carbons (Fsp3) is 0.200. The van der Waals surface area contributed by atoms with Gasteiger partial charge in [0.25, 0.3) is 0 Å². The molecule has 0 saturated carbocycles. The van der Waals surface area contributed by atoms with E-state index in [9.17, 15) is 14.4 Å². The van der Waals surface area contributed by atoms with Gasteiger partial charge in [-0.15, -0.1) is 0 Å². The van der Waals surface area contributed by atoms with Crippen LogP contribution < -0.4 is 0 Å². The van der Waals surface area contributed by atoms with Gasteiger partial charge in [0.05, 0.1) is 25.3 Å². The number of nitrogens with zero attached hydrogens (tertiary/aromatic N) is 1. The first-order valence-corrected chi connectivity index (χ1v) is 4.75. The largest absolute Gasteiger partial charge is 0.465 e. The molecule has 0 bridgehead atoms. The van der Waals surface area contributed by atoms with E-state index in [0.717, 1.165) is 20.3 Å². The molecule has 7 heteroatoms. The minimum Gasteiger partial charge on any atom is -0.465 e. The SMILES string of the molecule is COC(=O)c1cc(C=O)c(Cl)nc1C(=O)OC. The van der Waals surface area contributed by atoms with Gasteiger partial charge in [-0.3, -0.25) is 4.79 Å². The third-order valence-corrected chi connectivity index (χ3v) is 2.22. The predicted octanol–water partition coefficient (Wildman–Crippen LogP) is 1.12. The Labute approximate surface area is 101 Å². The number of ether oxygens (including phenoxy) is 2. The lowest BCUT2D eigenvalue weighted by Gasteiger charge is -2.07. The number of aromatic nitrogens is 1. The molecule has 17 heavy (non-hydrogen) atoms. The highest BCUT2D eigenvalue weighted by atomic mass is 35.5. The summed E-state index contributed by atoms with van der Waals surface area (Å²) in [6.07, 6.45) is 0.419. The third kappa shape index (κ3) is 2.59. The topological polar surface area (TPSA) is 82.6 Å². The first-order chi connectivity index (χ1) is 8.04. The number of methoxy groups -OCH3 is 2. The molecule has 0 fully saturated rings. The predicted molar refractivity (Wildman–Crippen MR) is 57.3 cm³/mol. The molecule has 1 aromatic heterocycles. The molecule has 90 valence electrons. The van der Waals surface area contributed by atoms with Crippen LogP contribution in [0, 0.1) is 0 Å². The zero-order valence-corrected chi connectivity index (χ0v) is 9.78. The van der Waals surface area contributed by atoms with Crippen molar-refractivity contribution in [2.24, 2.45) is 0 Å². The Hall–Kier alpha value is -1.95. The summed E-state index contributed by atoms with van der Waals surface area (Å²) in [5, 5.41) is -0.187. The molecule has 1 aromatic rings. The monoisotopic (exact) mass is 257 g/mol. The van der Waals surface area contributed by atoms with E-state index in [0.29, 0.717) is 6.29 Å². The van der Waals surface area contributed by atoms with E-state index >= 15 is 0 Å². The van der Waals surface area contributed by atoms with Crippen molar-refractivity contribution >= 4 is 29.8 Å². The van der Waals surface area contributed by atoms with Gasteiger partial charge in [-0.25, -0.2) is 14.6 Å². The van der Waals surface area contributed by atoms with Crippen LogP contribution in [0.1, 0.15) is 31.2 Å². The number of carbonyl (C=O) groups excluding carboxylic acids is 3. The molecule has 1 rings (SSSR count). The third-order valence-electron chi connectivity index (χ3n) is 1.91. The maximum absolute atomic E-state index is 11.4. The van der Waals surface area contributed by atoms with Crippen LogP contribution in [0.3, 0.4) is 0 Å². The van der Waals surface area contributed by atoms with Crippen molar-refractivity contribution in [1.29, 1.82) is 0 Å². The van der Waals surface area contributed by atoms with Gasteiger partial charge >= 0.3 is 11.9 Å². The number of halogens is 1. The summed E-state index contributed by atoms with van der Waals surface area (Å²) in [5.74, 6) is -1.65. The molecular weight excluding hydrogens is 250 g/mol. The van der Waals surface area contributed by atoms with E-state index in [1.165, 1.54) is 0 Å². The summed E-state index contributed by atoms with van der Waals surface area (Å²) < 4.78 is 8.91. The van der Waals surface area contributed by atoms with Crippen molar-refractivity contribution in [3.63, 3.8) is 0 Å². The molecule has 0 radical (unpaired) electrons. The minimum absolute atomic E-state index is 0.0141. The summed E-state index contributed by atoms with van der Waals surface area (Å²) >= 11 is 5.65. The van der Waals surface area contributed by atoms with Gasteiger partial charge in [0.2, 0.25) is 0 Å². The van der Waals surface area contributed by atoms with Crippen LogP contribution in [-0.4, -0.2) is 37.4 Å². The number of rotatable bonds is 3. The van der Waals surface area contributed by atoms with E-state index < -0.39 is 11.9 Å². The van der Waals surface area contributed by atoms with E-state index in [2.05, 4.69) is 14.5 Å². The van der Waals surface area contributed by atoms with Crippen molar-refractivity contribution < 1.29 is 23.9 Å². The van der Waals surface area contributed by atoms with E-state index in [1.54, 1.807) is 0 Å². The van der Waals surface area contributed by atoms with E-state index in [1.807, 2.05) is 0 Å². The number of pyridine rings is 1. The van der Waals surface area contributed by atoms with Gasteiger partial charge < -0.3 is 9.47 Å².